The van der Waals surface area contributed by atoms with Crippen LogP contribution in [-0.4, -0.2) is 35.8 Å². The zero-order valence-corrected chi connectivity index (χ0v) is 12.5. The van der Waals surface area contributed by atoms with Crippen molar-refractivity contribution in [1.82, 2.24) is 4.90 Å². The van der Waals surface area contributed by atoms with Crippen molar-refractivity contribution in [2.24, 2.45) is 0 Å². The van der Waals surface area contributed by atoms with E-state index < -0.39 is 18.4 Å². The number of cyclic esters (lactones) is 1. The maximum Gasteiger partial charge on any atom is 0.413 e. The summed E-state index contributed by atoms with van der Waals surface area (Å²) in [5.41, 5.74) is 1.68. The zero-order valence-electron chi connectivity index (χ0n) is 12.5. The molecular weight excluding hydrogens is 282 g/mol. The summed E-state index contributed by atoms with van der Waals surface area (Å²) in [7, 11) is 0. The van der Waals surface area contributed by atoms with E-state index in [1.165, 1.54) is 11.6 Å². The number of amides is 1. The SMILES string of the molecule is CC1=CC(OC(=O)N2CCC[C@H]2Cc2ccccc2)OC1=O. The van der Waals surface area contributed by atoms with Crippen LogP contribution in [0.2, 0.25) is 0 Å². The molecule has 0 bridgehead atoms. The average molecular weight is 301 g/mol. The van der Waals surface area contributed by atoms with E-state index in [4.69, 9.17) is 9.47 Å². The van der Waals surface area contributed by atoms with Crippen molar-refractivity contribution in [2.75, 3.05) is 6.54 Å². The van der Waals surface area contributed by atoms with E-state index in [2.05, 4.69) is 12.1 Å². The standard InChI is InChI=1S/C17H19NO4/c1-12-10-15(21-16(12)19)22-17(20)18-9-5-8-14(18)11-13-6-3-2-4-7-13/h2-4,6-7,10,14-15H,5,8-9,11H2,1H3/t14-,15?/m0/s1. The van der Waals surface area contributed by atoms with E-state index in [1.807, 2.05) is 18.2 Å². The largest absolute Gasteiger partial charge is 0.418 e. The molecule has 1 saturated heterocycles. The van der Waals surface area contributed by atoms with Crippen molar-refractivity contribution < 1.29 is 19.1 Å². The molecule has 0 radical (unpaired) electrons. The van der Waals surface area contributed by atoms with Gasteiger partial charge in [-0.3, -0.25) is 0 Å². The number of carbonyl (C=O) groups excluding carboxylic acids is 2. The molecule has 1 unspecified atom stereocenters. The Bertz CT molecular complexity index is 596. The predicted molar refractivity (Wildman–Crippen MR) is 80.0 cm³/mol. The lowest BCUT2D eigenvalue weighted by molar-refractivity contribution is -0.152. The Hall–Kier alpha value is -2.30. The minimum absolute atomic E-state index is 0.136. The van der Waals surface area contributed by atoms with Gasteiger partial charge in [0.05, 0.1) is 0 Å². The van der Waals surface area contributed by atoms with Crippen molar-refractivity contribution in [2.45, 2.75) is 38.5 Å². The molecule has 3 rings (SSSR count). The highest BCUT2D eigenvalue weighted by Crippen LogP contribution is 2.23. The minimum Gasteiger partial charge on any atom is -0.418 e. The van der Waals surface area contributed by atoms with Gasteiger partial charge in [-0.25, -0.2) is 9.59 Å². The lowest BCUT2D eigenvalue weighted by Gasteiger charge is -2.25. The van der Waals surface area contributed by atoms with Gasteiger partial charge in [0.15, 0.2) is 0 Å². The van der Waals surface area contributed by atoms with Gasteiger partial charge in [0.2, 0.25) is 0 Å². The van der Waals surface area contributed by atoms with Crippen LogP contribution in [0.3, 0.4) is 0 Å². The predicted octanol–water partition coefficient (Wildman–Crippen LogP) is 2.66. The van der Waals surface area contributed by atoms with Gasteiger partial charge in [0.25, 0.3) is 6.29 Å². The molecule has 0 aliphatic carbocycles. The zero-order chi connectivity index (χ0) is 15.5. The third-order valence-electron chi connectivity index (χ3n) is 4.07. The van der Waals surface area contributed by atoms with Gasteiger partial charge in [-0.15, -0.1) is 0 Å². The van der Waals surface area contributed by atoms with Crippen molar-refractivity contribution in [3.63, 3.8) is 0 Å². The fourth-order valence-corrected chi connectivity index (χ4v) is 2.90. The molecule has 0 aromatic heterocycles. The summed E-state index contributed by atoms with van der Waals surface area (Å²) in [4.78, 5) is 25.3. The monoisotopic (exact) mass is 301 g/mol. The van der Waals surface area contributed by atoms with E-state index in [0.717, 1.165) is 19.3 Å². The third-order valence-corrected chi connectivity index (χ3v) is 4.07. The number of ether oxygens (including phenoxy) is 2. The summed E-state index contributed by atoms with van der Waals surface area (Å²) < 4.78 is 10.2. The molecule has 2 atom stereocenters. The molecule has 1 fully saturated rings. The first-order chi connectivity index (χ1) is 10.6. The average Bonchev–Trinajstić information content (AvgIpc) is 3.07. The molecule has 0 spiro atoms. The highest BCUT2D eigenvalue weighted by molar-refractivity contribution is 5.90. The van der Waals surface area contributed by atoms with Gasteiger partial charge in [-0.1, -0.05) is 30.3 Å². The van der Waals surface area contributed by atoms with Crippen LogP contribution in [0.4, 0.5) is 4.79 Å². The van der Waals surface area contributed by atoms with Crippen molar-refractivity contribution >= 4 is 12.1 Å². The Morgan fingerprint density at radius 1 is 1.36 bits per heavy atom. The van der Waals surface area contributed by atoms with Gasteiger partial charge in [-0.05, 0) is 31.7 Å². The lowest BCUT2D eigenvalue weighted by atomic mass is 10.0. The normalized spacial score (nSPS) is 24.1. The van der Waals surface area contributed by atoms with Crippen LogP contribution in [0, 0.1) is 0 Å². The second-order valence-electron chi connectivity index (χ2n) is 5.69. The number of benzene rings is 1. The minimum atomic E-state index is -0.891. The van der Waals surface area contributed by atoms with Gasteiger partial charge >= 0.3 is 12.1 Å². The van der Waals surface area contributed by atoms with Gasteiger partial charge in [-0.2, -0.15) is 0 Å². The van der Waals surface area contributed by atoms with Crippen LogP contribution in [0.5, 0.6) is 0 Å². The fraction of sp³-hybridized carbons (Fsp3) is 0.412. The molecule has 2 heterocycles. The number of esters is 1. The first-order valence-electron chi connectivity index (χ1n) is 7.54. The molecule has 1 aromatic carbocycles. The maximum atomic E-state index is 12.3. The summed E-state index contributed by atoms with van der Waals surface area (Å²) in [5, 5.41) is 0. The van der Waals surface area contributed by atoms with Crippen molar-refractivity contribution in [3.8, 4) is 0 Å². The highest BCUT2D eigenvalue weighted by Gasteiger charge is 2.33. The summed E-state index contributed by atoms with van der Waals surface area (Å²) in [6.45, 7) is 2.32. The topological polar surface area (TPSA) is 55.8 Å². The Morgan fingerprint density at radius 2 is 2.14 bits per heavy atom. The molecule has 2 aliphatic rings. The summed E-state index contributed by atoms with van der Waals surface area (Å²) in [5.74, 6) is -0.431. The first-order valence-corrected chi connectivity index (χ1v) is 7.54. The van der Waals surface area contributed by atoms with Crippen LogP contribution >= 0.6 is 0 Å². The Labute approximate surface area is 129 Å². The maximum absolute atomic E-state index is 12.3. The smallest absolute Gasteiger partial charge is 0.413 e. The van der Waals surface area contributed by atoms with Gasteiger partial charge < -0.3 is 14.4 Å². The second-order valence-corrected chi connectivity index (χ2v) is 5.69. The summed E-state index contributed by atoms with van der Waals surface area (Å²) in [6, 6.07) is 10.2. The molecule has 0 N–H and O–H groups in total. The van der Waals surface area contributed by atoms with Crippen molar-refractivity contribution in [1.29, 1.82) is 0 Å². The number of nitrogens with zero attached hydrogens (tertiary/aromatic N) is 1. The molecular formula is C17H19NO4. The molecule has 1 aromatic rings. The molecule has 22 heavy (non-hydrogen) atoms. The van der Waals surface area contributed by atoms with E-state index in [-0.39, 0.29) is 6.04 Å². The quantitative estimate of drug-likeness (QED) is 0.805. The number of hydrogen-bond donors (Lipinski definition) is 0. The highest BCUT2D eigenvalue weighted by atomic mass is 16.7. The van der Waals surface area contributed by atoms with E-state index in [1.54, 1.807) is 11.8 Å². The number of likely N-dealkylation sites (tertiary alicyclic amines) is 1. The summed E-state index contributed by atoms with van der Waals surface area (Å²) in [6.07, 6.45) is 2.97. The fourth-order valence-electron chi connectivity index (χ4n) is 2.90. The Kier molecular flexibility index (Phi) is 4.13. The van der Waals surface area contributed by atoms with Crippen LogP contribution in [0.25, 0.3) is 0 Å². The molecule has 116 valence electrons. The van der Waals surface area contributed by atoms with Crippen LogP contribution in [0.15, 0.2) is 42.0 Å². The lowest BCUT2D eigenvalue weighted by Crippen LogP contribution is -2.39. The third kappa shape index (κ3) is 3.13. The van der Waals surface area contributed by atoms with Gasteiger partial charge in [0, 0.05) is 24.2 Å². The molecule has 0 saturated carbocycles. The Balaban J connectivity index is 1.61. The molecule has 1 amide bonds. The first kappa shape index (κ1) is 14.6. The van der Waals surface area contributed by atoms with Gasteiger partial charge in [0.1, 0.15) is 0 Å². The number of hydrogen-bond acceptors (Lipinski definition) is 4. The Morgan fingerprint density at radius 3 is 2.82 bits per heavy atom. The molecule has 5 heteroatoms. The number of rotatable bonds is 3. The van der Waals surface area contributed by atoms with Crippen LogP contribution < -0.4 is 0 Å². The molecule has 2 aliphatic heterocycles. The molecule has 5 nitrogen and oxygen atoms in total. The van der Waals surface area contributed by atoms with E-state index in [0.29, 0.717) is 12.1 Å². The van der Waals surface area contributed by atoms with E-state index >= 15 is 0 Å². The van der Waals surface area contributed by atoms with E-state index in [9.17, 15) is 9.59 Å². The van der Waals surface area contributed by atoms with Crippen LogP contribution in [-0.2, 0) is 20.7 Å². The van der Waals surface area contributed by atoms with Crippen LogP contribution in [0.1, 0.15) is 25.3 Å². The number of carbonyl (C=O) groups is 2. The summed E-state index contributed by atoms with van der Waals surface area (Å²) >= 11 is 0. The van der Waals surface area contributed by atoms with Crippen molar-refractivity contribution in [3.05, 3.63) is 47.5 Å². The second kappa shape index (κ2) is 6.22.